The average molecular weight is 508 g/mol. The number of benzene rings is 1. The summed E-state index contributed by atoms with van der Waals surface area (Å²) < 4.78 is 18.7. The van der Waals surface area contributed by atoms with Crippen LogP contribution in [-0.4, -0.2) is 78.5 Å². The minimum absolute atomic E-state index is 0.119. The number of nitrogens with two attached hydrogens (primary N) is 1. The predicted octanol–water partition coefficient (Wildman–Crippen LogP) is 1.37. The molecule has 6 rings (SSSR count). The Bertz CT molecular complexity index is 1290. The average Bonchev–Trinajstić information content (AvgIpc) is 3.55. The maximum Gasteiger partial charge on any atom is 0.195 e. The molecule has 0 bridgehead atoms. The van der Waals surface area contributed by atoms with Gasteiger partial charge in [0.25, 0.3) is 0 Å². The fourth-order valence-electron chi connectivity index (χ4n) is 5.14. The fraction of sp³-hybridized carbons (Fsp3) is 0.480. The monoisotopic (exact) mass is 507 g/mol. The lowest BCUT2D eigenvalue weighted by atomic mass is 10.00. The van der Waals surface area contributed by atoms with Gasteiger partial charge in [0.2, 0.25) is 0 Å². The summed E-state index contributed by atoms with van der Waals surface area (Å²) in [5, 5.41) is 19.0. The van der Waals surface area contributed by atoms with Crippen molar-refractivity contribution in [3.63, 3.8) is 0 Å². The Kier molecular flexibility index (Phi) is 6.22. The van der Waals surface area contributed by atoms with Crippen LogP contribution in [0.2, 0.25) is 0 Å². The Morgan fingerprint density at radius 3 is 2.65 bits per heavy atom. The summed E-state index contributed by atoms with van der Waals surface area (Å²) in [5.74, 6) is 0.761. The van der Waals surface area contributed by atoms with Crippen molar-refractivity contribution in [3.8, 4) is 17.0 Å². The number of aliphatic imine (C=N–C) groups is 1. The molecule has 0 amide bonds. The molecule has 0 radical (unpaired) electrons. The van der Waals surface area contributed by atoms with Gasteiger partial charge in [0.1, 0.15) is 11.6 Å². The number of H-pyrrole nitrogens is 1. The summed E-state index contributed by atoms with van der Waals surface area (Å²) >= 11 is 0. The Morgan fingerprint density at radius 1 is 1.14 bits per heavy atom. The third-order valence-electron chi connectivity index (χ3n) is 7.12. The largest absolute Gasteiger partial charge is 0.496 e. The summed E-state index contributed by atoms with van der Waals surface area (Å²) in [6.45, 7) is 4.48. The smallest absolute Gasteiger partial charge is 0.195 e. The van der Waals surface area contributed by atoms with Crippen molar-refractivity contribution in [3.05, 3.63) is 41.7 Å². The van der Waals surface area contributed by atoms with Crippen molar-refractivity contribution in [2.45, 2.75) is 24.7 Å². The van der Waals surface area contributed by atoms with Crippen LogP contribution >= 0.6 is 0 Å². The first kappa shape index (κ1) is 23.8. The Hall–Kier alpha value is -3.61. The van der Waals surface area contributed by atoms with E-state index in [1.807, 2.05) is 25.4 Å². The standard InChI is InChI=1S/C25H33N9O3/c1-33-15-16(14-27-33)22-21-23(28-17-5-9-36-10-6-17)29-25(26,30-24(21)32-31-22)19-4-3-18(13-20(19)35-2)34-7-11-37-12-8-34/h3-4,13-15,17H,5-12,26H2,1-2H3,(H,28,29)(H2,30,31,32). The molecule has 2 saturated heterocycles. The van der Waals surface area contributed by atoms with E-state index in [2.05, 4.69) is 36.9 Å². The number of anilines is 2. The number of nitrogens with zero attached hydrogens (tertiary/aromatic N) is 5. The molecule has 37 heavy (non-hydrogen) atoms. The highest BCUT2D eigenvalue weighted by atomic mass is 16.5. The fourth-order valence-corrected chi connectivity index (χ4v) is 5.14. The molecule has 3 aromatic rings. The van der Waals surface area contributed by atoms with Crippen LogP contribution < -0.4 is 26.0 Å². The molecule has 12 nitrogen and oxygen atoms in total. The lowest BCUT2D eigenvalue weighted by molar-refractivity contribution is 0.0870. The zero-order valence-corrected chi connectivity index (χ0v) is 21.2. The molecular formula is C25H33N9O3. The van der Waals surface area contributed by atoms with Gasteiger partial charge in [-0.05, 0) is 25.0 Å². The highest BCUT2D eigenvalue weighted by molar-refractivity contribution is 6.10. The van der Waals surface area contributed by atoms with Gasteiger partial charge >= 0.3 is 0 Å². The zero-order valence-electron chi connectivity index (χ0n) is 21.2. The molecule has 3 aliphatic heterocycles. The van der Waals surface area contributed by atoms with Crippen LogP contribution in [0.3, 0.4) is 0 Å². The number of aryl methyl sites for hydroxylation is 1. The van der Waals surface area contributed by atoms with Crippen LogP contribution in [0.4, 0.5) is 11.5 Å². The van der Waals surface area contributed by atoms with E-state index in [0.717, 1.165) is 54.0 Å². The Morgan fingerprint density at radius 2 is 1.92 bits per heavy atom. The molecular weight excluding hydrogens is 474 g/mol. The van der Waals surface area contributed by atoms with Crippen molar-refractivity contribution in [1.29, 1.82) is 0 Å². The molecule has 0 spiro atoms. The van der Waals surface area contributed by atoms with Gasteiger partial charge in [-0.2, -0.15) is 10.2 Å². The summed E-state index contributed by atoms with van der Waals surface area (Å²) in [5.41, 5.74) is 11.4. The van der Waals surface area contributed by atoms with Gasteiger partial charge in [-0.3, -0.25) is 20.5 Å². The molecule has 2 fully saturated rings. The number of ether oxygens (including phenoxy) is 3. The van der Waals surface area contributed by atoms with Gasteiger partial charge in [-0.1, -0.05) is 0 Å². The predicted molar refractivity (Wildman–Crippen MR) is 140 cm³/mol. The third kappa shape index (κ3) is 4.52. The van der Waals surface area contributed by atoms with Crippen molar-refractivity contribution >= 4 is 17.3 Å². The first-order valence-electron chi connectivity index (χ1n) is 12.6. The minimum Gasteiger partial charge on any atom is -0.496 e. The zero-order chi connectivity index (χ0) is 25.4. The molecule has 1 aromatic carbocycles. The molecule has 1 unspecified atom stereocenters. The molecule has 0 saturated carbocycles. The molecule has 2 aromatic heterocycles. The summed E-state index contributed by atoms with van der Waals surface area (Å²) in [7, 11) is 3.54. The molecule has 3 aliphatic rings. The van der Waals surface area contributed by atoms with Gasteiger partial charge < -0.3 is 29.7 Å². The highest BCUT2D eigenvalue weighted by Crippen LogP contribution is 2.37. The number of aromatic nitrogens is 4. The number of fused-ring (bicyclic) bond motifs is 1. The SMILES string of the molecule is COc1cc(N2CCOCC2)ccc1C1(N)NC(=NC2CCOCC2)c2c(n[nH]c2-c2cnn(C)c2)N1. The maximum absolute atomic E-state index is 7.04. The molecule has 0 aliphatic carbocycles. The number of amidine groups is 1. The van der Waals surface area contributed by atoms with Gasteiger partial charge in [-0.25, -0.2) is 0 Å². The quantitative estimate of drug-likeness (QED) is 0.403. The lowest BCUT2D eigenvalue weighted by Gasteiger charge is -2.39. The van der Waals surface area contributed by atoms with E-state index >= 15 is 0 Å². The summed E-state index contributed by atoms with van der Waals surface area (Å²) in [6, 6.07) is 6.20. The Labute approximate surface area is 215 Å². The number of nitrogens with one attached hydrogen (secondary N) is 3. The van der Waals surface area contributed by atoms with E-state index in [-0.39, 0.29) is 6.04 Å². The normalized spacial score (nSPS) is 23.4. The first-order chi connectivity index (χ1) is 18.0. The second-order valence-corrected chi connectivity index (χ2v) is 9.59. The molecule has 12 heteroatoms. The van der Waals surface area contributed by atoms with Crippen molar-refractivity contribution in [1.82, 2.24) is 25.3 Å². The van der Waals surface area contributed by atoms with E-state index in [9.17, 15) is 0 Å². The van der Waals surface area contributed by atoms with E-state index in [0.29, 0.717) is 43.8 Å². The number of hydrogen-bond donors (Lipinski definition) is 4. The van der Waals surface area contributed by atoms with E-state index in [4.69, 9.17) is 24.9 Å². The van der Waals surface area contributed by atoms with Gasteiger partial charge in [0.15, 0.2) is 11.6 Å². The van der Waals surface area contributed by atoms with Gasteiger partial charge in [0, 0.05) is 56.9 Å². The van der Waals surface area contributed by atoms with Crippen LogP contribution in [0, 0.1) is 0 Å². The van der Waals surface area contributed by atoms with Crippen LogP contribution in [0.15, 0.2) is 35.6 Å². The van der Waals surface area contributed by atoms with Crippen molar-refractivity contribution in [2.75, 3.05) is 56.8 Å². The summed E-state index contributed by atoms with van der Waals surface area (Å²) in [4.78, 5) is 7.41. The van der Waals surface area contributed by atoms with Gasteiger partial charge in [-0.15, -0.1) is 0 Å². The van der Waals surface area contributed by atoms with Crippen LogP contribution in [0.25, 0.3) is 11.3 Å². The second-order valence-electron chi connectivity index (χ2n) is 9.59. The molecule has 5 heterocycles. The maximum atomic E-state index is 7.04. The van der Waals surface area contributed by atoms with E-state index < -0.39 is 5.79 Å². The van der Waals surface area contributed by atoms with Crippen molar-refractivity contribution < 1.29 is 14.2 Å². The third-order valence-corrected chi connectivity index (χ3v) is 7.12. The second kappa shape index (κ2) is 9.69. The Balaban J connectivity index is 1.40. The molecule has 196 valence electrons. The summed E-state index contributed by atoms with van der Waals surface area (Å²) in [6.07, 6.45) is 5.45. The van der Waals surface area contributed by atoms with Crippen LogP contribution in [0.1, 0.15) is 24.0 Å². The number of methoxy groups -OCH3 is 1. The van der Waals surface area contributed by atoms with Crippen LogP contribution in [-0.2, 0) is 22.3 Å². The minimum atomic E-state index is -1.20. The number of hydrogen-bond acceptors (Lipinski definition) is 9. The van der Waals surface area contributed by atoms with Crippen molar-refractivity contribution in [2.24, 2.45) is 17.8 Å². The van der Waals surface area contributed by atoms with E-state index in [1.165, 1.54) is 0 Å². The number of morpholine rings is 1. The highest BCUT2D eigenvalue weighted by Gasteiger charge is 2.40. The number of rotatable bonds is 5. The number of aromatic amines is 1. The van der Waals surface area contributed by atoms with E-state index in [1.54, 1.807) is 18.0 Å². The molecule has 5 N–H and O–H groups in total. The van der Waals surface area contributed by atoms with Crippen LogP contribution in [0.5, 0.6) is 5.75 Å². The van der Waals surface area contributed by atoms with Gasteiger partial charge in [0.05, 0.1) is 49.4 Å². The molecule has 1 atom stereocenters. The first-order valence-corrected chi connectivity index (χ1v) is 12.6. The topological polar surface area (TPSA) is 140 Å². The lowest BCUT2D eigenvalue weighted by Crippen LogP contribution is -2.61.